The molecule has 1 heterocycles. The molecule has 2 rings (SSSR count). The van der Waals surface area contributed by atoms with Gasteiger partial charge in [-0.3, -0.25) is 0 Å². The van der Waals surface area contributed by atoms with Crippen molar-refractivity contribution < 1.29 is 4.39 Å². The number of aryl methyl sites for hydroxylation is 1. The maximum Gasteiger partial charge on any atom is 0.132 e. The van der Waals surface area contributed by atoms with E-state index in [1.165, 1.54) is 6.07 Å². The minimum Gasteiger partial charge on any atom is -0.384 e. The second-order valence-corrected chi connectivity index (χ2v) is 3.00. The largest absolute Gasteiger partial charge is 0.384 e. The molecule has 1 aromatic carbocycles. The van der Waals surface area contributed by atoms with E-state index in [1.807, 2.05) is 20.8 Å². The summed E-state index contributed by atoms with van der Waals surface area (Å²) < 4.78 is 13.3. The first-order valence-corrected chi connectivity index (χ1v) is 5.00. The van der Waals surface area contributed by atoms with Crippen LogP contribution in [0.15, 0.2) is 24.3 Å². The number of anilines is 1. The van der Waals surface area contributed by atoms with Crippen LogP contribution in [0.3, 0.4) is 0 Å². The zero-order valence-corrected chi connectivity index (χ0v) is 9.21. The predicted octanol–water partition coefficient (Wildman–Crippen LogP) is 3.29. The summed E-state index contributed by atoms with van der Waals surface area (Å²) >= 11 is 0. The van der Waals surface area contributed by atoms with Crippen LogP contribution in [0, 0.1) is 12.7 Å². The smallest absolute Gasteiger partial charge is 0.132 e. The molecule has 2 nitrogen and oxygen atoms in total. The number of hydrogen-bond donors (Lipinski definition) is 1. The van der Waals surface area contributed by atoms with Gasteiger partial charge in [0, 0.05) is 5.39 Å². The predicted molar refractivity (Wildman–Crippen MR) is 62.2 cm³/mol. The summed E-state index contributed by atoms with van der Waals surface area (Å²) in [5.74, 6) is 0.179. The minimum absolute atomic E-state index is 0.248. The molecule has 0 amide bonds. The van der Waals surface area contributed by atoms with Gasteiger partial charge in [0.05, 0.1) is 5.52 Å². The summed E-state index contributed by atoms with van der Waals surface area (Å²) in [5, 5.41) is 0.552. The molecule has 0 aliphatic carbocycles. The van der Waals surface area contributed by atoms with E-state index >= 15 is 0 Å². The molecule has 1 aromatic heterocycles. The van der Waals surface area contributed by atoms with Crippen LogP contribution in [-0.2, 0) is 0 Å². The highest BCUT2D eigenvalue weighted by molar-refractivity contribution is 5.84. The Morgan fingerprint density at radius 3 is 2.60 bits per heavy atom. The molecule has 80 valence electrons. The molecule has 0 radical (unpaired) electrons. The molecule has 0 aliphatic rings. The number of nitrogens with two attached hydrogens (primary N) is 1. The van der Waals surface area contributed by atoms with Crippen molar-refractivity contribution in [2.24, 2.45) is 0 Å². The topological polar surface area (TPSA) is 38.9 Å². The van der Waals surface area contributed by atoms with Crippen LogP contribution in [-0.4, -0.2) is 4.98 Å². The van der Waals surface area contributed by atoms with Gasteiger partial charge < -0.3 is 5.73 Å². The van der Waals surface area contributed by atoms with E-state index in [0.29, 0.717) is 16.7 Å². The highest BCUT2D eigenvalue weighted by atomic mass is 19.1. The number of benzene rings is 1. The monoisotopic (exact) mass is 206 g/mol. The summed E-state index contributed by atoms with van der Waals surface area (Å²) in [7, 11) is 0. The first kappa shape index (κ1) is 11.4. The average Bonchev–Trinajstić information content (AvgIpc) is 2.19. The first-order chi connectivity index (χ1) is 7.18. The number of aromatic nitrogens is 1. The fourth-order valence-corrected chi connectivity index (χ4v) is 1.46. The molecule has 0 aliphatic heterocycles. The van der Waals surface area contributed by atoms with Gasteiger partial charge in [0.1, 0.15) is 11.6 Å². The summed E-state index contributed by atoms with van der Waals surface area (Å²) in [6.45, 7) is 5.82. The van der Waals surface area contributed by atoms with Gasteiger partial charge >= 0.3 is 0 Å². The van der Waals surface area contributed by atoms with Crippen LogP contribution in [0.25, 0.3) is 10.9 Å². The van der Waals surface area contributed by atoms with E-state index in [-0.39, 0.29) is 5.82 Å². The fraction of sp³-hybridized carbons (Fsp3) is 0.250. The van der Waals surface area contributed by atoms with Crippen LogP contribution in [0.4, 0.5) is 10.2 Å². The van der Waals surface area contributed by atoms with Crippen molar-refractivity contribution in [1.82, 2.24) is 4.98 Å². The Balaban J connectivity index is 0.000000531. The molecule has 0 saturated carbocycles. The molecule has 0 saturated heterocycles. The lowest BCUT2D eigenvalue weighted by molar-refractivity contribution is 0.639. The highest BCUT2D eigenvalue weighted by Gasteiger charge is 2.04. The van der Waals surface area contributed by atoms with E-state index in [4.69, 9.17) is 5.73 Å². The summed E-state index contributed by atoms with van der Waals surface area (Å²) in [5.41, 5.74) is 6.97. The molecular weight excluding hydrogens is 191 g/mol. The molecule has 0 spiro atoms. The fourth-order valence-electron chi connectivity index (χ4n) is 1.46. The van der Waals surface area contributed by atoms with Crippen molar-refractivity contribution in [3.8, 4) is 0 Å². The molecule has 3 heteroatoms. The van der Waals surface area contributed by atoms with E-state index in [1.54, 1.807) is 18.2 Å². The Labute approximate surface area is 88.9 Å². The van der Waals surface area contributed by atoms with Gasteiger partial charge in [0.2, 0.25) is 0 Å². The molecule has 15 heavy (non-hydrogen) atoms. The zero-order valence-electron chi connectivity index (χ0n) is 9.21. The standard InChI is InChI=1S/C10H9FN2.C2H6/c1-6-5-9(12)13-8-4-2-3-7(11)10(6)8;1-2/h2-5H,1H3,(H2,12,13);1-2H3. The van der Waals surface area contributed by atoms with E-state index < -0.39 is 0 Å². The number of nitrogens with zero attached hydrogens (tertiary/aromatic N) is 1. The lowest BCUT2D eigenvalue weighted by Crippen LogP contribution is -1.93. The van der Waals surface area contributed by atoms with Gasteiger partial charge in [0.15, 0.2) is 0 Å². The second kappa shape index (κ2) is 4.73. The normalized spacial score (nSPS) is 9.60. The number of fused-ring (bicyclic) bond motifs is 1. The molecule has 0 fully saturated rings. The third kappa shape index (κ3) is 2.24. The number of pyridine rings is 1. The molecule has 0 atom stereocenters. The van der Waals surface area contributed by atoms with E-state index in [2.05, 4.69) is 4.98 Å². The maximum absolute atomic E-state index is 13.3. The minimum atomic E-state index is -0.248. The first-order valence-electron chi connectivity index (χ1n) is 5.00. The van der Waals surface area contributed by atoms with Crippen molar-refractivity contribution in [3.63, 3.8) is 0 Å². The van der Waals surface area contributed by atoms with Crippen LogP contribution >= 0.6 is 0 Å². The number of hydrogen-bond acceptors (Lipinski definition) is 2. The van der Waals surface area contributed by atoms with Crippen LogP contribution in [0.2, 0.25) is 0 Å². The molecule has 2 aromatic rings. The summed E-state index contributed by atoms with van der Waals surface area (Å²) in [4.78, 5) is 4.04. The summed E-state index contributed by atoms with van der Waals surface area (Å²) in [6, 6.07) is 6.48. The molecule has 0 bridgehead atoms. The Hall–Kier alpha value is -1.64. The van der Waals surface area contributed by atoms with Gasteiger partial charge in [-0.15, -0.1) is 0 Å². The third-order valence-corrected chi connectivity index (χ3v) is 2.00. The Bertz CT molecular complexity index is 466. The maximum atomic E-state index is 13.3. The SMILES string of the molecule is CC.Cc1cc(N)nc2cccc(F)c12. The number of rotatable bonds is 0. The Morgan fingerprint density at radius 2 is 1.93 bits per heavy atom. The van der Waals surface area contributed by atoms with Crippen molar-refractivity contribution in [2.45, 2.75) is 20.8 Å². The Morgan fingerprint density at radius 1 is 1.27 bits per heavy atom. The van der Waals surface area contributed by atoms with Crippen molar-refractivity contribution in [3.05, 3.63) is 35.6 Å². The van der Waals surface area contributed by atoms with Gasteiger partial charge in [-0.1, -0.05) is 19.9 Å². The van der Waals surface area contributed by atoms with Crippen LogP contribution in [0.1, 0.15) is 19.4 Å². The number of halogens is 1. The average molecular weight is 206 g/mol. The third-order valence-electron chi connectivity index (χ3n) is 2.00. The zero-order chi connectivity index (χ0) is 11.4. The Kier molecular flexibility index (Phi) is 3.61. The van der Waals surface area contributed by atoms with Gasteiger partial charge in [-0.2, -0.15) is 0 Å². The van der Waals surface area contributed by atoms with Gasteiger partial charge in [-0.25, -0.2) is 9.37 Å². The van der Waals surface area contributed by atoms with Crippen molar-refractivity contribution in [1.29, 1.82) is 0 Å². The van der Waals surface area contributed by atoms with Gasteiger partial charge in [-0.05, 0) is 30.7 Å². The van der Waals surface area contributed by atoms with Crippen molar-refractivity contribution >= 4 is 16.7 Å². The highest BCUT2D eigenvalue weighted by Crippen LogP contribution is 2.21. The lowest BCUT2D eigenvalue weighted by atomic mass is 10.1. The quantitative estimate of drug-likeness (QED) is 0.718. The van der Waals surface area contributed by atoms with Crippen molar-refractivity contribution in [2.75, 3.05) is 5.73 Å². The lowest BCUT2D eigenvalue weighted by Gasteiger charge is -2.03. The van der Waals surface area contributed by atoms with E-state index in [9.17, 15) is 4.39 Å². The van der Waals surface area contributed by atoms with E-state index in [0.717, 1.165) is 5.56 Å². The molecular formula is C12H15FN2. The van der Waals surface area contributed by atoms with Crippen LogP contribution < -0.4 is 5.73 Å². The second-order valence-electron chi connectivity index (χ2n) is 3.00. The molecule has 2 N–H and O–H groups in total. The summed E-state index contributed by atoms with van der Waals surface area (Å²) in [6.07, 6.45) is 0. The van der Waals surface area contributed by atoms with Crippen LogP contribution in [0.5, 0.6) is 0 Å². The van der Waals surface area contributed by atoms with Gasteiger partial charge in [0.25, 0.3) is 0 Å². The number of nitrogen functional groups attached to an aromatic ring is 1. The molecule has 0 unspecified atom stereocenters.